The van der Waals surface area contributed by atoms with E-state index in [9.17, 15) is 0 Å². The van der Waals surface area contributed by atoms with Crippen LogP contribution < -0.4 is 11.1 Å². The minimum Gasteiger partial charge on any atom is -0.326 e. The maximum absolute atomic E-state index is 6.03. The lowest BCUT2D eigenvalue weighted by Gasteiger charge is -2.27. The molecule has 2 fully saturated rings. The average Bonchev–Trinajstić information content (AvgIpc) is 2.59. The van der Waals surface area contributed by atoms with Crippen LogP contribution in [0.1, 0.15) is 32.6 Å². The zero-order valence-corrected chi connectivity index (χ0v) is 11.1. The summed E-state index contributed by atoms with van der Waals surface area (Å²) in [7, 11) is 0. The SMILES string of the molecule is CC1C(N)CCN1CCC1CCNCC1.Cl. The van der Waals surface area contributed by atoms with Crippen molar-refractivity contribution in [1.29, 1.82) is 0 Å². The fraction of sp³-hybridized carbons (Fsp3) is 1.00. The van der Waals surface area contributed by atoms with E-state index in [0.29, 0.717) is 12.1 Å². The summed E-state index contributed by atoms with van der Waals surface area (Å²) in [5.74, 6) is 0.954. The number of likely N-dealkylation sites (tertiary alicyclic amines) is 1. The van der Waals surface area contributed by atoms with Crippen molar-refractivity contribution in [2.24, 2.45) is 11.7 Å². The lowest BCUT2D eigenvalue weighted by atomic mass is 9.94. The molecular weight excluding hydrogens is 222 g/mol. The Morgan fingerprint density at radius 3 is 2.50 bits per heavy atom. The molecule has 0 bridgehead atoms. The average molecular weight is 248 g/mol. The van der Waals surface area contributed by atoms with E-state index in [1.165, 1.54) is 51.9 Å². The van der Waals surface area contributed by atoms with Gasteiger partial charge in [0.1, 0.15) is 0 Å². The van der Waals surface area contributed by atoms with E-state index >= 15 is 0 Å². The highest BCUT2D eigenvalue weighted by Gasteiger charge is 2.27. The van der Waals surface area contributed by atoms with Gasteiger partial charge >= 0.3 is 0 Å². The van der Waals surface area contributed by atoms with E-state index in [0.717, 1.165) is 5.92 Å². The monoisotopic (exact) mass is 247 g/mol. The van der Waals surface area contributed by atoms with Crippen molar-refractivity contribution in [1.82, 2.24) is 10.2 Å². The number of nitrogens with two attached hydrogens (primary N) is 1. The van der Waals surface area contributed by atoms with Crippen molar-refractivity contribution < 1.29 is 0 Å². The van der Waals surface area contributed by atoms with Crippen LogP contribution >= 0.6 is 12.4 Å². The topological polar surface area (TPSA) is 41.3 Å². The summed E-state index contributed by atoms with van der Waals surface area (Å²) in [5.41, 5.74) is 6.03. The summed E-state index contributed by atoms with van der Waals surface area (Å²) < 4.78 is 0. The van der Waals surface area contributed by atoms with Gasteiger partial charge in [0, 0.05) is 18.6 Å². The van der Waals surface area contributed by atoms with Crippen LogP contribution in [0.2, 0.25) is 0 Å². The maximum atomic E-state index is 6.03. The van der Waals surface area contributed by atoms with Gasteiger partial charge in [0.15, 0.2) is 0 Å². The molecule has 2 aliphatic heterocycles. The van der Waals surface area contributed by atoms with E-state index in [2.05, 4.69) is 17.1 Å². The summed E-state index contributed by atoms with van der Waals surface area (Å²) >= 11 is 0. The van der Waals surface area contributed by atoms with Gasteiger partial charge in [-0.25, -0.2) is 0 Å². The predicted octanol–water partition coefficient (Wildman–Crippen LogP) is 1.22. The van der Waals surface area contributed by atoms with Crippen molar-refractivity contribution in [2.45, 2.75) is 44.7 Å². The first kappa shape index (κ1) is 14.2. The Kier molecular flexibility index (Phi) is 6.05. The zero-order chi connectivity index (χ0) is 10.7. The van der Waals surface area contributed by atoms with Crippen molar-refractivity contribution in [3.63, 3.8) is 0 Å². The molecule has 2 heterocycles. The highest BCUT2D eigenvalue weighted by atomic mass is 35.5. The zero-order valence-electron chi connectivity index (χ0n) is 10.3. The largest absolute Gasteiger partial charge is 0.326 e. The lowest BCUT2D eigenvalue weighted by Crippen LogP contribution is -2.38. The fourth-order valence-corrected chi connectivity index (χ4v) is 2.86. The first-order valence-electron chi connectivity index (χ1n) is 6.47. The summed E-state index contributed by atoms with van der Waals surface area (Å²) in [4.78, 5) is 2.58. The van der Waals surface area contributed by atoms with Gasteiger partial charge in [0.05, 0.1) is 0 Å². The third-order valence-electron chi connectivity index (χ3n) is 4.23. The van der Waals surface area contributed by atoms with E-state index < -0.39 is 0 Å². The van der Waals surface area contributed by atoms with Gasteiger partial charge in [-0.15, -0.1) is 12.4 Å². The van der Waals surface area contributed by atoms with Crippen LogP contribution in [0.15, 0.2) is 0 Å². The molecule has 0 aromatic carbocycles. The molecule has 0 amide bonds. The summed E-state index contributed by atoms with van der Waals surface area (Å²) in [5, 5.41) is 3.42. The Morgan fingerprint density at radius 2 is 1.94 bits per heavy atom. The van der Waals surface area contributed by atoms with Gasteiger partial charge in [0.25, 0.3) is 0 Å². The smallest absolute Gasteiger partial charge is 0.0219 e. The number of hydrogen-bond acceptors (Lipinski definition) is 3. The van der Waals surface area contributed by atoms with Crippen LogP contribution in [-0.2, 0) is 0 Å². The molecule has 4 heteroatoms. The van der Waals surface area contributed by atoms with Crippen LogP contribution in [0.5, 0.6) is 0 Å². The molecule has 3 nitrogen and oxygen atoms in total. The van der Waals surface area contributed by atoms with E-state index in [-0.39, 0.29) is 12.4 Å². The molecule has 3 N–H and O–H groups in total. The molecule has 96 valence electrons. The fourth-order valence-electron chi connectivity index (χ4n) is 2.86. The standard InChI is InChI=1S/C12H25N3.ClH/c1-10-12(13)5-9-15(10)8-4-11-2-6-14-7-3-11;/h10-12,14H,2-9,13H2,1H3;1H. The van der Waals surface area contributed by atoms with Gasteiger partial charge in [0.2, 0.25) is 0 Å². The highest BCUT2D eigenvalue weighted by Crippen LogP contribution is 2.20. The first-order valence-corrected chi connectivity index (χ1v) is 6.47. The third kappa shape index (κ3) is 3.59. The lowest BCUT2D eigenvalue weighted by molar-refractivity contribution is 0.225. The Hall–Kier alpha value is 0.170. The predicted molar refractivity (Wildman–Crippen MR) is 71.1 cm³/mol. The molecule has 2 saturated heterocycles. The molecule has 0 spiro atoms. The third-order valence-corrected chi connectivity index (χ3v) is 4.23. The highest BCUT2D eigenvalue weighted by molar-refractivity contribution is 5.85. The van der Waals surface area contributed by atoms with Crippen molar-refractivity contribution in [2.75, 3.05) is 26.2 Å². The number of nitrogens with zero attached hydrogens (tertiary/aromatic N) is 1. The van der Waals surface area contributed by atoms with E-state index in [4.69, 9.17) is 5.73 Å². The first-order chi connectivity index (χ1) is 7.27. The number of piperidine rings is 1. The Morgan fingerprint density at radius 1 is 1.25 bits per heavy atom. The van der Waals surface area contributed by atoms with Crippen LogP contribution in [0.4, 0.5) is 0 Å². The second kappa shape index (κ2) is 6.80. The molecule has 2 rings (SSSR count). The van der Waals surface area contributed by atoms with Crippen LogP contribution in [0.3, 0.4) is 0 Å². The second-order valence-corrected chi connectivity index (χ2v) is 5.21. The van der Waals surface area contributed by atoms with Crippen molar-refractivity contribution >= 4 is 12.4 Å². The molecule has 0 aromatic heterocycles. The van der Waals surface area contributed by atoms with Crippen LogP contribution in [0, 0.1) is 5.92 Å². The molecule has 2 unspecified atom stereocenters. The molecule has 0 saturated carbocycles. The Labute approximate surface area is 106 Å². The number of nitrogens with one attached hydrogen (secondary N) is 1. The van der Waals surface area contributed by atoms with Gasteiger partial charge in [-0.2, -0.15) is 0 Å². The number of rotatable bonds is 3. The minimum absolute atomic E-state index is 0. The van der Waals surface area contributed by atoms with Gasteiger partial charge in [-0.3, -0.25) is 4.90 Å². The molecule has 0 radical (unpaired) electrons. The summed E-state index contributed by atoms with van der Waals surface area (Å²) in [6, 6.07) is 1.02. The quantitative estimate of drug-likeness (QED) is 0.788. The number of halogens is 1. The normalized spacial score (nSPS) is 32.6. The molecule has 16 heavy (non-hydrogen) atoms. The Balaban J connectivity index is 0.00000128. The van der Waals surface area contributed by atoms with Crippen molar-refractivity contribution in [3.8, 4) is 0 Å². The molecular formula is C12H26ClN3. The van der Waals surface area contributed by atoms with Crippen LogP contribution in [-0.4, -0.2) is 43.2 Å². The summed E-state index contributed by atoms with van der Waals surface area (Å²) in [6.07, 6.45) is 5.30. The van der Waals surface area contributed by atoms with E-state index in [1.807, 2.05) is 0 Å². The molecule has 2 atom stereocenters. The maximum Gasteiger partial charge on any atom is 0.0219 e. The van der Waals surface area contributed by atoms with E-state index in [1.54, 1.807) is 0 Å². The summed E-state index contributed by atoms with van der Waals surface area (Å²) in [6.45, 7) is 7.20. The molecule has 0 aromatic rings. The van der Waals surface area contributed by atoms with Crippen molar-refractivity contribution in [3.05, 3.63) is 0 Å². The molecule has 2 aliphatic rings. The van der Waals surface area contributed by atoms with Gasteiger partial charge < -0.3 is 11.1 Å². The second-order valence-electron chi connectivity index (χ2n) is 5.21. The van der Waals surface area contributed by atoms with Crippen LogP contribution in [0.25, 0.3) is 0 Å². The van der Waals surface area contributed by atoms with Gasteiger partial charge in [-0.05, 0) is 58.2 Å². The minimum atomic E-state index is 0. The van der Waals surface area contributed by atoms with Gasteiger partial charge in [-0.1, -0.05) is 0 Å². The Bertz CT molecular complexity index is 195. The number of hydrogen-bond donors (Lipinski definition) is 2. The molecule has 0 aliphatic carbocycles.